The lowest BCUT2D eigenvalue weighted by molar-refractivity contribution is 0.670. The van der Waals surface area contributed by atoms with Crippen LogP contribution in [0.25, 0.3) is 114 Å². The Morgan fingerprint density at radius 1 is 0.451 bits per heavy atom. The summed E-state index contributed by atoms with van der Waals surface area (Å²) in [6.07, 6.45) is 0. The maximum Gasteiger partial charge on any atom is 0.236 e. The van der Waals surface area contributed by atoms with Crippen molar-refractivity contribution >= 4 is 108 Å². The van der Waals surface area contributed by atoms with Gasteiger partial charge in [-0.25, -0.2) is 9.97 Å². The Kier molecular flexibility index (Phi) is 5.35. The molecule has 0 amide bonds. The van der Waals surface area contributed by atoms with Crippen LogP contribution in [0.15, 0.2) is 156 Å². The van der Waals surface area contributed by atoms with E-state index in [0.717, 1.165) is 54.9 Å². The summed E-state index contributed by atoms with van der Waals surface area (Å²) in [5, 5.41) is 12.9. The van der Waals surface area contributed by atoms with E-state index < -0.39 is 0 Å². The molecule has 0 aliphatic rings. The SMILES string of the molecule is c1ccc2cc(-c3nc(-n4c5ccccc5c5cc6c(ccc7c8ccccc8sc67)cc54)nc4c3oc3c5ccccc5ccc43)ccc2c1. The first kappa shape index (κ1) is 27.3. The van der Waals surface area contributed by atoms with Crippen LogP contribution < -0.4 is 0 Å². The molecule has 12 aromatic rings. The second-order valence-electron chi connectivity index (χ2n) is 13.4. The minimum absolute atomic E-state index is 0.620. The maximum absolute atomic E-state index is 6.80. The molecule has 0 aliphatic heterocycles. The van der Waals surface area contributed by atoms with Gasteiger partial charge in [-0.05, 0) is 57.9 Å². The van der Waals surface area contributed by atoms with Crippen LogP contribution in [0.1, 0.15) is 0 Å². The van der Waals surface area contributed by atoms with E-state index in [1.807, 2.05) is 11.3 Å². The molecule has 0 radical (unpaired) electrons. The molecule has 5 heteroatoms. The van der Waals surface area contributed by atoms with E-state index in [-0.39, 0.29) is 0 Å². The van der Waals surface area contributed by atoms with E-state index in [2.05, 4.69) is 156 Å². The third-order valence-electron chi connectivity index (χ3n) is 10.6. The normalized spacial score (nSPS) is 12.3. The molecule has 4 aromatic heterocycles. The molecule has 0 bridgehead atoms. The maximum atomic E-state index is 6.80. The molecule has 8 aromatic carbocycles. The Bertz CT molecular complexity index is 3440. The van der Waals surface area contributed by atoms with Crippen molar-refractivity contribution in [1.82, 2.24) is 14.5 Å². The molecule has 0 saturated heterocycles. The number of para-hydroxylation sites is 1. The van der Waals surface area contributed by atoms with E-state index in [9.17, 15) is 0 Å². The van der Waals surface area contributed by atoms with Gasteiger partial charge < -0.3 is 4.42 Å². The first-order valence-corrected chi connectivity index (χ1v) is 18.0. The average molecular weight is 668 g/mol. The predicted octanol–water partition coefficient (Wildman–Crippen LogP) is 13.0. The zero-order valence-electron chi connectivity index (χ0n) is 27.1. The topological polar surface area (TPSA) is 43.9 Å². The van der Waals surface area contributed by atoms with Crippen LogP contribution in [-0.2, 0) is 0 Å². The third kappa shape index (κ3) is 3.78. The Balaban J connectivity index is 1.21. The van der Waals surface area contributed by atoms with E-state index >= 15 is 0 Å². The molecule has 4 heterocycles. The van der Waals surface area contributed by atoms with Gasteiger partial charge in [-0.1, -0.05) is 115 Å². The molecule has 0 aliphatic carbocycles. The highest BCUT2D eigenvalue weighted by molar-refractivity contribution is 7.26. The number of hydrogen-bond acceptors (Lipinski definition) is 4. The molecule has 0 atom stereocenters. The van der Waals surface area contributed by atoms with Crippen LogP contribution in [0.4, 0.5) is 0 Å². The van der Waals surface area contributed by atoms with Crippen LogP contribution in [0.2, 0.25) is 0 Å². The van der Waals surface area contributed by atoms with Gasteiger partial charge in [0.05, 0.1) is 11.0 Å². The predicted molar refractivity (Wildman–Crippen MR) is 214 cm³/mol. The summed E-state index contributed by atoms with van der Waals surface area (Å²) in [7, 11) is 0. The molecule has 0 N–H and O–H groups in total. The molecule has 0 unspecified atom stereocenters. The summed E-state index contributed by atoms with van der Waals surface area (Å²) < 4.78 is 11.7. The fraction of sp³-hybridized carbons (Fsp3) is 0. The lowest BCUT2D eigenvalue weighted by atomic mass is 10.0. The van der Waals surface area contributed by atoms with Crippen molar-refractivity contribution in [1.29, 1.82) is 0 Å². The van der Waals surface area contributed by atoms with Crippen LogP contribution in [0, 0.1) is 0 Å². The number of aromatic nitrogens is 3. The van der Waals surface area contributed by atoms with E-state index in [1.165, 1.54) is 47.1 Å². The van der Waals surface area contributed by atoms with Gasteiger partial charge in [-0.2, -0.15) is 0 Å². The van der Waals surface area contributed by atoms with Gasteiger partial charge in [0.1, 0.15) is 16.8 Å². The van der Waals surface area contributed by atoms with Crippen molar-refractivity contribution in [3.05, 3.63) is 152 Å². The summed E-state index contributed by atoms with van der Waals surface area (Å²) in [4.78, 5) is 10.8. The first-order valence-electron chi connectivity index (χ1n) is 17.2. The largest absolute Gasteiger partial charge is 0.451 e. The van der Waals surface area contributed by atoms with E-state index in [1.54, 1.807) is 0 Å². The number of benzene rings is 8. The van der Waals surface area contributed by atoms with Gasteiger partial charge in [0.25, 0.3) is 0 Å². The highest BCUT2D eigenvalue weighted by atomic mass is 32.1. The minimum atomic E-state index is 0.620. The fourth-order valence-electron chi connectivity index (χ4n) is 8.18. The first-order chi connectivity index (χ1) is 25.3. The summed E-state index contributed by atoms with van der Waals surface area (Å²) in [5.74, 6) is 0.620. The van der Waals surface area contributed by atoms with Crippen molar-refractivity contribution in [3.8, 4) is 17.2 Å². The van der Waals surface area contributed by atoms with Gasteiger partial charge in [0, 0.05) is 52.7 Å². The molecular weight excluding hydrogens is 643 g/mol. The Labute approximate surface area is 294 Å². The smallest absolute Gasteiger partial charge is 0.236 e. The number of furan rings is 1. The van der Waals surface area contributed by atoms with Gasteiger partial charge in [-0.15, -0.1) is 11.3 Å². The van der Waals surface area contributed by atoms with Crippen molar-refractivity contribution in [2.45, 2.75) is 0 Å². The molecule has 0 fully saturated rings. The Morgan fingerprint density at radius 2 is 1.18 bits per heavy atom. The van der Waals surface area contributed by atoms with Crippen LogP contribution in [0.3, 0.4) is 0 Å². The standard InChI is InChI=1S/C46H25N3OS/c1-2-11-28-23-30(18-17-26(28)9-1)41-44-42(35-22-19-27-10-3-4-12-31(27)43(35)50-44)48-46(47-41)49-38-15-7-5-13-32(38)37-25-36-29(24-39(37)49)20-21-34-33-14-6-8-16-40(33)51-45(34)36/h1-25H. The molecule has 236 valence electrons. The van der Waals surface area contributed by atoms with Crippen molar-refractivity contribution < 1.29 is 4.42 Å². The second kappa shape index (κ2) is 10.0. The van der Waals surface area contributed by atoms with Crippen molar-refractivity contribution in [2.24, 2.45) is 0 Å². The molecule has 0 spiro atoms. The quantitative estimate of drug-likeness (QED) is 0.184. The van der Waals surface area contributed by atoms with E-state index in [4.69, 9.17) is 14.4 Å². The number of fused-ring (bicyclic) bond motifs is 14. The lowest BCUT2D eigenvalue weighted by Crippen LogP contribution is -2.03. The summed E-state index contributed by atoms with van der Waals surface area (Å²) in [5.41, 5.74) is 6.24. The number of hydrogen-bond donors (Lipinski definition) is 0. The van der Waals surface area contributed by atoms with Gasteiger partial charge >= 0.3 is 0 Å². The Hall–Kier alpha value is -6.56. The Morgan fingerprint density at radius 3 is 2.10 bits per heavy atom. The molecule has 12 rings (SSSR count). The molecular formula is C46H25N3OS. The van der Waals surface area contributed by atoms with Crippen LogP contribution in [-0.4, -0.2) is 14.5 Å². The third-order valence-corrected chi connectivity index (χ3v) is 11.8. The summed E-state index contributed by atoms with van der Waals surface area (Å²) in [6.45, 7) is 0. The molecule has 0 saturated carbocycles. The lowest BCUT2D eigenvalue weighted by Gasteiger charge is -2.10. The highest BCUT2D eigenvalue weighted by Crippen LogP contribution is 2.43. The minimum Gasteiger partial charge on any atom is -0.451 e. The van der Waals surface area contributed by atoms with Crippen molar-refractivity contribution in [3.63, 3.8) is 0 Å². The summed E-state index contributed by atoms with van der Waals surface area (Å²) in [6, 6.07) is 54.2. The van der Waals surface area contributed by atoms with Gasteiger partial charge in [0.15, 0.2) is 5.58 Å². The fourth-order valence-corrected chi connectivity index (χ4v) is 9.41. The zero-order valence-corrected chi connectivity index (χ0v) is 27.9. The summed E-state index contributed by atoms with van der Waals surface area (Å²) >= 11 is 1.87. The van der Waals surface area contributed by atoms with E-state index in [0.29, 0.717) is 11.5 Å². The van der Waals surface area contributed by atoms with Crippen LogP contribution >= 0.6 is 11.3 Å². The van der Waals surface area contributed by atoms with Gasteiger partial charge in [0.2, 0.25) is 5.95 Å². The average Bonchev–Trinajstić information content (AvgIpc) is 3.86. The second-order valence-corrected chi connectivity index (χ2v) is 14.4. The highest BCUT2D eigenvalue weighted by Gasteiger charge is 2.23. The molecule has 4 nitrogen and oxygen atoms in total. The number of thiophene rings is 1. The van der Waals surface area contributed by atoms with Crippen LogP contribution in [0.5, 0.6) is 0 Å². The number of rotatable bonds is 2. The van der Waals surface area contributed by atoms with Gasteiger partial charge in [-0.3, -0.25) is 4.57 Å². The monoisotopic (exact) mass is 667 g/mol. The number of nitrogens with zero attached hydrogens (tertiary/aromatic N) is 3. The molecule has 51 heavy (non-hydrogen) atoms. The zero-order chi connectivity index (χ0) is 33.2. The van der Waals surface area contributed by atoms with Crippen molar-refractivity contribution in [2.75, 3.05) is 0 Å².